The maximum absolute atomic E-state index is 5.66. The van der Waals surface area contributed by atoms with E-state index in [4.69, 9.17) is 10.5 Å². The molecule has 1 fully saturated rings. The highest BCUT2D eigenvalue weighted by Crippen LogP contribution is 2.35. The molecular formula is C11H17N3O. The van der Waals surface area contributed by atoms with E-state index in [1.807, 2.05) is 19.3 Å². The zero-order chi connectivity index (χ0) is 10.7. The van der Waals surface area contributed by atoms with Gasteiger partial charge in [-0.3, -0.25) is 0 Å². The van der Waals surface area contributed by atoms with Crippen LogP contribution in [0, 0.1) is 6.92 Å². The summed E-state index contributed by atoms with van der Waals surface area (Å²) in [5.74, 6) is 0.806. The van der Waals surface area contributed by atoms with Crippen molar-refractivity contribution >= 4 is 0 Å². The van der Waals surface area contributed by atoms with Crippen LogP contribution >= 0.6 is 0 Å². The van der Waals surface area contributed by atoms with Crippen molar-refractivity contribution in [3.63, 3.8) is 0 Å². The van der Waals surface area contributed by atoms with Gasteiger partial charge < -0.3 is 10.5 Å². The van der Waals surface area contributed by atoms with Crippen LogP contribution in [0.2, 0.25) is 0 Å². The van der Waals surface area contributed by atoms with Crippen molar-refractivity contribution in [2.45, 2.75) is 25.2 Å². The lowest BCUT2D eigenvalue weighted by Crippen LogP contribution is -2.30. The van der Waals surface area contributed by atoms with E-state index < -0.39 is 0 Å². The topological polar surface area (TPSA) is 61.0 Å². The number of nitrogens with zero attached hydrogens (tertiary/aromatic N) is 2. The molecule has 1 aliphatic heterocycles. The van der Waals surface area contributed by atoms with Crippen molar-refractivity contribution in [2.24, 2.45) is 5.73 Å². The van der Waals surface area contributed by atoms with Gasteiger partial charge in [0.25, 0.3) is 0 Å². The SMILES string of the molecule is Cc1ncc(C2(CCN)CCOC2)cn1. The molecule has 2 rings (SSSR count). The Morgan fingerprint density at radius 1 is 1.47 bits per heavy atom. The van der Waals surface area contributed by atoms with E-state index in [1.165, 1.54) is 0 Å². The Morgan fingerprint density at radius 2 is 2.20 bits per heavy atom. The van der Waals surface area contributed by atoms with E-state index in [2.05, 4.69) is 9.97 Å². The van der Waals surface area contributed by atoms with Gasteiger partial charge in [-0.25, -0.2) is 9.97 Å². The zero-order valence-corrected chi connectivity index (χ0v) is 9.07. The predicted molar refractivity (Wildman–Crippen MR) is 57.6 cm³/mol. The molecule has 0 aromatic carbocycles. The molecule has 82 valence electrons. The molecule has 1 unspecified atom stereocenters. The molecule has 1 aromatic rings. The fraction of sp³-hybridized carbons (Fsp3) is 0.636. The largest absolute Gasteiger partial charge is 0.380 e. The van der Waals surface area contributed by atoms with Gasteiger partial charge in [-0.05, 0) is 31.9 Å². The highest BCUT2D eigenvalue weighted by Gasteiger charge is 2.36. The van der Waals surface area contributed by atoms with Gasteiger partial charge in [-0.15, -0.1) is 0 Å². The first-order valence-electron chi connectivity index (χ1n) is 5.34. The number of aryl methyl sites for hydroxylation is 1. The van der Waals surface area contributed by atoms with Crippen LogP contribution in [-0.2, 0) is 10.2 Å². The number of nitrogens with two attached hydrogens (primary N) is 1. The zero-order valence-electron chi connectivity index (χ0n) is 9.07. The van der Waals surface area contributed by atoms with E-state index >= 15 is 0 Å². The van der Waals surface area contributed by atoms with Crippen molar-refractivity contribution in [3.8, 4) is 0 Å². The summed E-state index contributed by atoms with van der Waals surface area (Å²) < 4.78 is 5.49. The maximum Gasteiger partial charge on any atom is 0.125 e. The first-order chi connectivity index (χ1) is 7.27. The van der Waals surface area contributed by atoms with Gasteiger partial charge in [-0.1, -0.05) is 0 Å². The monoisotopic (exact) mass is 207 g/mol. The van der Waals surface area contributed by atoms with Crippen LogP contribution in [0.5, 0.6) is 0 Å². The van der Waals surface area contributed by atoms with E-state index in [-0.39, 0.29) is 5.41 Å². The second-order valence-electron chi connectivity index (χ2n) is 4.14. The first-order valence-corrected chi connectivity index (χ1v) is 5.34. The maximum atomic E-state index is 5.66. The van der Waals surface area contributed by atoms with Crippen molar-refractivity contribution in [2.75, 3.05) is 19.8 Å². The molecular weight excluding hydrogens is 190 g/mol. The van der Waals surface area contributed by atoms with Gasteiger partial charge in [0.05, 0.1) is 6.61 Å². The minimum absolute atomic E-state index is 0.0580. The number of hydrogen-bond donors (Lipinski definition) is 1. The second-order valence-corrected chi connectivity index (χ2v) is 4.14. The first kappa shape index (κ1) is 10.5. The van der Waals surface area contributed by atoms with Gasteiger partial charge in [0.2, 0.25) is 0 Å². The third-order valence-electron chi connectivity index (χ3n) is 3.12. The molecule has 0 aliphatic carbocycles. The standard InChI is InChI=1S/C11H17N3O/c1-9-13-6-10(7-14-9)11(2-4-12)3-5-15-8-11/h6-7H,2-5,8,12H2,1H3. The van der Waals surface area contributed by atoms with Crippen molar-refractivity contribution < 1.29 is 4.74 Å². The number of ether oxygens (including phenoxy) is 1. The van der Waals surface area contributed by atoms with E-state index in [0.29, 0.717) is 6.54 Å². The van der Waals surface area contributed by atoms with Crippen LogP contribution in [0.15, 0.2) is 12.4 Å². The highest BCUT2D eigenvalue weighted by molar-refractivity contribution is 5.21. The molecule has 0 bridgehead atoms. The molecule has 1 aliphatic rings. The van der Waals surface area contributed by atoms with Crippen LogP contribution in [0.4, 0.5) is 0 Å². The molecule has 4 nitrogen and oxygen atoms in total. The van der Waals surface area contributed by atoms with Crippen molar-refractivity contribution in [3.05, 3.63) is 23.8 Å². The molecule has 0 saturated carbocycles. The molecule has 2 heterocycles. The second kappa shape index (κ2) is 4.24. The van der Waals surface area contributed by atoms with Gasteiger partial charge >= 0.3 is 0 Å². The Kier molecular flexibility index (Phi) is 2.98. The normalized spacial score (nSPS) is 25.7. The van der Waals surface area contributed by atoms with Gasteiger partial charge in [0.15, 0.2) is 0 Å². The fourth-order valence-electron chi connectivity index (χ4n) is 2.12. The summed E-state index contributed by atoms with van der Waals surface area (Å²) in [6.45, 7) is 4.13. The summed E-state index contributed by atoms with van der Waals surface area (Å²) in [7, 11) is 0. The molecule has 1 aromatic heterocycles. The van der Waals surface area contributed by atoms with Crippen LogP contribution in [0.25, 0.3) is 0 Å². The van der Waals surface area contributed by atoms with E-state index in [9.17, 15) is 0 Å². The quantitative estimate of drug-likeness (QED) is 0.796. The molecule has 0 amide bonds. The molecule has 1 atom stereocenters. The Balaban J connectivity index is 2.28. The van der Waals surface area contributed by atoms with E-state index in [0.717, 1.165) is 37.4 Å². The molecule has 1 saturated heterocycles. The Morgan fingerprint density at radius 3 is 2.73 bits per heavy atom. The molecule has 0 radical (unpaired) electrons. The van der Waals surface area contributed by atoms with Crippen LogP contribution in [0.3, 0.4) is 0 Å². The predicted octanol–water partition coefficient (Wildman–Crippen LogP) is 0.792. The average Bonchev–Trinajstić information content (AvgIpc) is 2.69. The minimum atomic E-state index is 0.0580. The molecule has 4 heteroatoms. The summed E-state index contributed by atoms with van der Waals surface area (Å²) in [5.41, 5.74) is 6.89. The van der Waals surface area contributed by atoms with Crippen molar-refractivity contribution in [1.82, 2.24) is 9.97 Å². The fourth-order valence-corrected chi connectivity index (χ4v) is 2.12. The minimum Gasteiger partial charge on any atom is -0.380 e. The summed E-state index contributed by atoms with van der Waals surface area (Å²) in [6.07, 6.45) is 5.79. The number of aromatic nitrogens is 2. The molecule has 15 heavy (non-hydrogen) atoms. The molecule has 2 N–H and O–H groups in total. The van der Waals surface area contributed by atoms with E-state index in [1.54, 1.807) is 0 Å². The van der Waals surface area contributed by atoms with Gasteiger partial charge in [0, 0.05) is 24.4 Å². The number of rotatable bonds is 3. The Bertz CT molecular complexity index is 317. The molecule has 0 spiro atoms. The smallest absolute Gasteiger partial charge is 0.125 e. The number of hydrogen-bond acceptors (Lipinski definition) is 4. The lowest BCUT2D eigenvalue weighted by molar-refractivity contribution is 0.175. The highest BCUT2D eigenvalue weighted by atomic mass is 16.5. The van der Waals surface area contributed by atoms with Gasteiger partial charge in [0.1, 0.15) is 5.82 Å². The summed E-state index contributed by atoms with van der Waals surface area (Å²) >= 11 is 0. The summed E-state index contributed by atoms with van der Waals surface area (Å²) in [5, 5.41) is 0. The third-order valence-corrected chi connectivity index (χ3v) is 3.12. The lowest BCUT2D eigenvalue weighted by Gasteiger charge is -2.26. The summed E-state index contributed by atoms with van der Waals surface area (Å²) in [6, 6.07) is 0. The Labute approximate surface area is 89.9 Å². The Hall–Kier alpha value is -1.00. The average molecular weight is 207 g/mol. The van der Waals surface area contributed by atoms with Crippen LogP contribution < -0.4 is 5.73 Å². The summed E-state index contributed by atoms with van der Waals surface area (Å²) in [4.78, 5) is 8.49. The third kappa shape index (κ3) is 2.01. The van der Waals surface area contributed by atoms with Crippen LogP contribution in [0.1, 0.15) is 24.2 Å². The van der Waals surface area contributed by atoms with Crippen molar-refractivity contribution in [1.29, 1.82) is 0 Å². The van der Waals surface area contributed by atoms with Crippen LogP contribution in [-0.4, -0.2) is 29.7 Å². The van der Waals surface area contributed by atoms with Gasteiger partial charge in [-0.2, -0.15) is 0 Å². The lowest BCUT2D eigenvalue weighted by atomic mass is 9.78.